The summed E-state index contributed by atoms with van der Waals surface area (Å²) < 4.78 is 38.5. The lowest BCUT2D eigenvalue weighted by molar-refractivity contribution is -0.137. The quantitative estimate of drug-likeness (QED) is 0.807. The van der Waals surface area contributed by atoms with Crippen molar-refractivity contribution >= 4 is 0 Å². The van der Waals surface area contributed by atoms with Gasteiger partial charge in [0.05, 0.1) is 11.3 Å². The Hall–Kier alpha value is -2.05. The highest BCUT2D eigenvalue weighted by Gasteiger charge is 2.34. The van der Waals surface area contributed by atoms with E-state index < -0.39 is 17.4 Å². The van der Waals surface area contributed by atoms with Gasteiger partial charge in [0.2, 0.25) is 0 Å². The van der Waals surface area contributed by atoms with Crippen molar-refractivity contribution in [3.8, 4) is 5.69 Å². The van der Waals surface area contributed by atoms with Crippen LogP contribution in [0.2, 0.25) is 0 Å². The number of para-hydroxylation sites is 1. The van der Waals surface area contributed by atoms with E-state index in [-0.39, 0.29) is 5.69 Å². The molecule has 0 spiro atoms. The molecule has 2 rings (SSSR count). The van der Waals surface area contributed by atoms with Crippen LogP contribution >= 0.6 is 0 Å². The van der Waals surface area contributed by atoms with Crippen molar-refractivity contribution in [1.82, 2.24) is 14.8 Å². The van der Waals surface area contributed by atoms with Gasteiger partial charge in [-0.2, -0.15) is 23.0 Å². The minimum atomic E-state index is -4.52. The Bertz CT molecular complexity index is 555. The molecular formula is C9H6F3N3O. The molecule has 1 N–H and O–H groups in total. The number of nitrogens with one attached hydrogen (secondary N) is 1. The molecule has 0 bridgehead atoms. The van der Waals surface area contributed by atoms with Crippen molar-refractivity contribution in [3.63, 3.8) is 0 Å². The van der Waals surface area contributed by atoms with Crippen molar-refractivity contribution in [2.45, 2.75) is 6.18 Å². The molecule has 0 radical (unpaired) electrons. The first-order chi connectivity index (χ1) is 7.50. The molecule has 1 aromatic heterocycles. The summed E-state index contributed by atoms with van der Waals surface area (Å²) in [6.45, 7) is 0. The number of aromatic amines is 1. The van der Waals surface area contributed by atoms with Gasteiger partial charge in [-0.25, -0.2) is 4.79 Å². The van der Waals surface area contributed by atoms with Crippen molar-refractivity contribution in [1.29, 1.82) is 0 Å². The second-order valence-corrected chi connectivity index (χ2v) is 3.02. The van der Waals surface area contributed by atoms with Gasteiger partial charge in [0.1, 0.15) is 6.33 Å². The summed E-state index contributed by atoms with van der Waals surface area (Å²) in [5.74, 6) is 0. The van der Waals surface area contributed by atoms with Crippen LogP contribution in [-0.2, 0) is 6.18 Å². The van der Waals surface area contributed by atoms with Crippen LogP contribution in [0.5, 0.6) is 0 Å². The van der Waals surface area contributed by atoms with Gasteiger partial charge < -0.3 is 0 Å². The van der Waals surface area contributed by atoms with Gasteiger partial charge in [-0.1, -0.05) is 12.1 Å². The van der Waals surface area contributed by atoms with Crippen LogP contribution in [0.25, 0.3) is 5.69 Å². The zero-order chi connectivity index (χ0) is 11.8. The lowest BCUT2D eigenvalue weighted by Crippen LogP contribution is -2.20. The zero-order valence-corrected chi connectivity index (χ0v) is 7.82. The van der Waals surface area contributed by atoms with Crippen LogP contribution in [0.15, 0.2) is 35.4 Å². The Morgan fingerprint density at radius 3 is 2.50 bits per heavy atom. The molecule has 1 aromatic carbocycles. The number of hydrogen-bond donors (Lipinski definition) is 1. The lowest BCUT2D eigenvalue weighted by atomic mass is 10.2. The lowest BCUT2D eigenvalue weighted by Gasteiger charge is -2.10. The first-order valence-corrected chi connectivity index (χ1v) is 4.29. The molecule has 0 atom stereocenters. The first kappa shape index (κ1) is 10.5. The topological polar surface area (TPSA) is 50.7 Å². The normalized spacial score (nSPS) is 11.7. The Morgan fingerprint density at radius 1 is 1.25 bits per heavy atom. The van der Waals surface area contributed by atoms with E-state index in [0.29, 0.717) is 4.68 Å². The van der Waals surface area contributed by atoms with Gasteiger partial charge in [-0.05, 0) is 12.1 Å². The van der Waals surface area contributed by atoms with Crippen LogP contribution in [0.3, 0.4) is 0 Å². The molecule has 0 saturated heterocycles. The molecule has 0 amide bonds. The molecule has 4 nitrogen and oxygen atoms in total. The SMILES string of the molecule is O=c1[nH]cnn1-c1ccccc1C(F)(F)F. The maximum atomic E-state index is 12.6. The number of H-pyrrole nitrogens is 1. The monoisotopic (exact) mass is 229 g/mol. The van der Waals surface area contributed by atoms with E-state index in [4.69, 9.17) is 0 Å². The summed E-state index contributed by atoms with van der Waals surface area (Å²) in [5, 5.41) is 3.51. The molecule has 7 heteroatoms. The number of alkyl halides is 3. The summed E-state index contributed by atoms with van der Waals surface area (Å²) in [6, 6.07) is 4.75. The predicted molar refractivity (Wildman–Crippen MR) is 49.2 cm³/mol. The second kappa shape index (κ2) is 3.51. The summed E-state index contributed by atoms with van der Waals surface area (Å²) in [6.07, 6.45) is -3.48. The van der Waals surface area contributed by atoms with E-state index >= 15 is 0 Å². The summed E-state index contributed by atoms with van der Waals surface area (Å²) in [4.78, 5) is 13.4. The fourth-order valence-corrected chi connectivity index (χ4v) is 1.33. The fraction of sp³-hybridized carbons (Fsp3) is 0.111. The van der Waals surface area contributed by atoms with E-state index in [9.17, 15) is 18.0 Å². The minimum Gasteiger partial charge on any atom is -0.295 e. The Kier molecular flexibility index (Phi) is 2.30. The average Bonchev–Trinajstić information content (AvgIpc) is 2.63. The second-order valence-electron chi connectivity index (χ2n) is 3.02. The molecule has 0 unspecified atom stereocenters. The standard InChI is InChI=1S/C9H6F3N3O/c10-9(11,12)6-3-1-2-4-7(6)15-8(16)13-5-14-15/h1-5H,(H,13,14,16). The molecule has 84 valence electrons. The molecule has 2 aromatic rings. The molecular weight excluding hydrogens is 223 g/mol. The maximum absolute atomic E-state index is 12.6. The van der Waals surface area contributed by atoms with Gasteiger partial charge in [0.15, 0.2) is 0 Å². The third-order valence-corrected chi connectivity index (χ3v) is 1.99. The van der Waals surface area contributed by atoms with E-state index in [1.165, 1.54) is 18.2 Å². The Morgan fingerprint density at radius 2 is 1.94 bits per heavy atom. The molecule has 0 aliphatic heterocycles. The number of benzene rings is 1. The van der Waals surface area contributed by atoms with Gasteiger partial charge in [-0.3, -0.25) is 4.98 Å². The molecule has 16 heavy (non-hydrogen) atoms. The summed E-state index contributed by atoms with van der Waals surface area (Å²) >= 11 is 0. The van der Waals surface area contributed by atoms with Crippen LogP contribution in [0.4, 0.5) is 13.2 Å². The Labute approximate surface area is 87.3 Å². The van der Waals surface area contributed by atoms with Gasteiger partial charge >= 0.3 is 11.9 Å². The predicted octanol–water partition coefficient (Wildman–Crippen LogP) is 1.58. The van der Waals surface area contributed by atoms with E-state index in [1.54, 1.807) is 0 Å². The largest absolute Gasteiger partial charge is 0.418 e. The van der Waals surface area contributed by atoms with Crippen molar-refractivity contribution in [3.05, 3.63) is 46.6 Å². The minimum absolute atomic E-state index is 0.291. The van der Waals surface area contributed by atoms with Crippen molar-refractivity contribution in [2.24, 2.45) is 0 Å². The van der Waals surface area contributed by atoms with Gasteiger partial charge in [-0.15, -0.1) is 0 Å². The summed E-state index contributed by atoms with van der Waals surface area (Å²) in [7, 11) is 0. The van der Waals surface area contributed by atoms with E-state index in [2.05, 4.69) is 10.1 Å². The highest BCUT2D eigenvalue weighted by atomic mass is 19.4. The fourth-order valence-electron chi connectivity index (χ4n) is 1.33. The zero-order valence-electron chi connectivity index (χ0n) is 7.82. The first-order valence-electron chi connectivity index (χ1n) is 4.29. The molecule has 0 saturated carbocycles. The number of aromatic nitrogens is 3. The highest BCUT2D eigenvalue weighted by Crippen LogP contribution is 2.32. The third-order valence-electron chi connectivity index (χ3n) is 1.99. The maximum Gasteiger partial charge on any atom is 0.418 e. The van der Waals surface area contributed by atoms with E-state index in [1.807, 2.05) is 0 Å². The van der Waals surface area contributed by atoms with Crippen LogP contribution in [-0.4, -0.2) is 14.8 Å². The average molecular weight is 229 g/mol. The molecule has 1 heterocycles. The number of hydrogen-bond acceptors (Lipinski definition) is 2. The van der Waals surface area contributed by atoms with E-state index in [0.717, 1.165) is 12.4 Å². The van der Waals surface area contributed by atoms with Crippen LogP contribution < -0.4 is 5.69 Å². The summed E-state index contributed by atoms with van der Waals surface area (Å²) in [5.41, 5.74) is -1.90. The van der Waals surface area contributed by atoms with Gasteiger partial charge in [0, 0.05) is 0 Å². The highest BCUT2D eigenvalue weighted by molar-refractivity contribution is 5.41. The van der Waals surface area contributed by atoms with Gasteiger partial charge in [0.25, 0.3) is 0 Å². The molecule has 0 aliphatic carbocycles. The van der Waals surface area contributed by atoms with Crippen LogP contribution in [0, 0.1) is 0 Å². The number of halogens is 3. The Balaban J connectivity index is 2.67. The van der Waals surface area contributed by atoms with Crippen molar-refractivity contribution < 1.29 is 13.2 Å². The third kappa shape index (κ3) is 1.71. The van der Waals surface area contributed by atoms with Crippen LogP contribution in [0.1, 0.15) is 5.56 Å². The smallest absolute Gasteiger partial charge is 0.295 e. The molecule has 0 fully saturated rings. The number of nitrogens with zero attached hydrogens (tertiary/aromatic N) is 2. The molecule has 0 aliphatic rings. The van der Waals surface area contributed by atoms with Crippen molar-refractivity contribution in [2.75, 3.05) is 0 Å². The number of rotatable bonds is 1.